The second-order valence-corrected chi connectivity index (χ2v) is 5.56. The number of carbonyl (C=O) groups is 2. The lowest BCUT2D eigenvalue weighted by atomic mass is 10.2. The molecule has 0 aliphatic heterocycles. The Bertz CT molecular complexity index is 745. The van der Waals surface area contributed by atoms with Gasteiger partial charge in [-0.15, -0.1) is 0 Å². The van der Waals surface area contributed by atoms with Gasteiger partial charge < -0.3 is 10.6 Å². The topological polar surface area (TPSA) is 82.9 Å². The second kappa shape index (κ2) is 7.50. The summed E-state index contributed by atoms with van der Waals surface area (Å²) in [4.78, 5) is 22.4. The Morgan fingerprint density at radius 3 is 1.46 bits per heavy atom. The highest BCUT2D eigenvalue weighted by Crippen LogP contribution is 2.27. The maximum atomic E-state index is 11.2. The number of amides is 2. The van der Waals surface area contributed by atoms with Crippen molar-refractivity contribution in [2.45, 2.75) is 27.7 Å². The quantitative estimate of drug-likeness (QED) is 0.803. The Kier molecular flexibility index (Phi) is 5.42. The van der Waals surface area contributed by atoms with Gasteiger partial charge in [0.05, 0.1) is 11.4 Å². The van der Waals surface area contributed by atoms with E-state index in [1.165, 1.54) is 13.8 Å². The van der Waals surface area contributed by atoms with Crippen LogP contribution in [0.1, 0.15) is 25.0 Å². The minimum atomic E-state index is -0.134. The summed E-state index contributed by atoms with van der Waals surface area (Å²) in [5.41, 5.74) is 4.58. The number of carbonyl (C=O) groups excluding carboxylic acids is 2. The van der Waals surface area contributed by atoms with Crippen molar-refractivity contribution in [3.8, 4) is 0 Å². The molecule has 2 aromatic rings. The van der Waals surface area contributed by atoms with Gasteiger partial charge in [0.25, 0.3) is 0 Å². The number of aryl methyl sites for hydroxylation is 2. The minimum Gasteiger partial charge on any atom is -0.326 e. The summed E-state index contributed by atoms with van der Waals surface area (Å²) < 4.78 is 0. The van der Waals surface area contributed by atoms with Gasteiger partial charge in [-0.1, -0.05) is 12.1 Å². The largest absolute Gasteiger partial charge is 0.326 e. The van der Waals surface area contributed by atoms with E-state index in [1.54, 1.807) is 12.1 Å². The van der Waals surface area contributed by atoms with Crippen LogP contribution in [-0.4, -0.2) is 11.8 Å². The van der Waals surface area contributed by atoms with E-state index in [2.05, 4.69) is 20.9 Å². The van der Waals surface area contributed by atoms with Crippen LogP contribution in [0.4, 0.5) is 22.7 Å². The maximum Gasteiger partial charge on any atom is 0.221 e. The Balaban J connectivity index is 2.24. The summed E-state index contributed by atoms with van der Waals surface area (Å²) in [7, 11) is 0. The second-order valence-electron chi connectivity index (χ2n) is 5.56. The van der Waals surface area contributed by atoms with Crippen molar-refractivity contribution in [3.63, 3.8) is 0 Å². The average Bonchev–Trinajstić information content (AvgIpc) is 2.50. The fourth-order valence-corrected chi connectivity index (χ4v) is 2.11. The molecular weight excluding hydrogens is 304 g/mol. The highest BCUT2D eigenvalue weighted by molar-refractivity contribution is 5.90. The van der Waals surface area contributed by atoms with Crippen LogP contribution in [0.25, 0.3) is 0 Å². The van der Waals surface area contributed by atoms with Crippen molar-refractivity contribution in [3.05, 3.63) is 47.5 Å². The van der Waals surface area contributed by atoms with E-state index in [-0.39, 0.29) is 11.8 Å². The monoisotopic (exact) mass is 324 g/mol. The Morgan fingerprint density at radius 2 is 1.12 bits per heavy atom. The maximum absolute atomic E-state index is 11.2. The van der Waals surface area contributed by atoms with Gasteiger partial charge in [0.2, 0.25) is 11.8 Å². The van der Waals surface area contributed by atoms with Crippen molar-refractivity contribution in [2.75, 3.05) is 10.6 Å². The molecular formula is C18H20N4O2. The lowest BCUT2D eigenvalue weighted by molar-refractivity contribution is -0.115. The molecule has 0 aromatic heterocycles. The Labute approximate surface area is 141 Å². The number of anilines is 2. The first-order valence-corrected chi connectivity index (χ1v) is 7.53. The summed E-state index contributed by atoms with van der Waals surface area (Å²) in [5.74, 6) is -0.267. The van der Waals surface area contributed by atoms with Crippen LogP contribution in [0.5, 0.6) is 0 Å². The third-order valence-corrected chi connectivity index (χ3v) is 3.34. The number of azo groups is 1. The van der Waals surface area contributed by atoms with E-state index in [0.29, 0.717) is 22.7 Å². The fourth-order valence-electron chi connectivity index (χ4n) is 2.11. The van der Waals surface area contributed by atoms with Gasteiger partial charge >= 0.3 is 0 Å². The molecule has 0 unspecified atom stereocenters. The number of nitrogens with zero attached hydrogens (tertiary/aromatic N) is 2. The van der Waals surface area contributed by atoms with E-state index < -0.39 is 0 Å². The fraction of sp³-hybridized carbons (Fsp3) is 0.222. The van der Waals surface area contributed by atoms with Crippen LogP contribution in [0, 0.1) is 13.8 Å². The molecule has 0 heterocycles. The predicted molar refractivity (Wildman–Crippen MR) is 95.1 cm³/mol. The van der Waals surface area contributed by atoms with Crippen LogP contribution >= 0.6 is 0 Å². The third kappa shape index (κ3) is 4.74. The normalized spacial score (nSPS) is 10.7. The van der Waals surface area contributed by atoms with Gasteiger partial charge in [0.1, 0.15) is 0 Å². The first-order valence-electron chi connectivity index (χ1n) is 7.53. The van der Waals surface area contributed by atoms with E-state index in [0.717, 1.165) is 11.1 Å². The minimum absolute atomic E-state index is 0.134. The highest BCUT2D eigenvalue weighted by atomic mass is 16.2. The molecule has 0 atom stereocenters. The van der Waals surface area contributed by atoms with Gasteiger partial charge in [-0.25, -0.2) is 0 Å². The molecule has 0 aliphatic carbocycles. The lowest BCUT2D eigenvalue weighted by Crippen LogP contribution is -2.06. The van der Waals surface area contributed by atoms with Crippen molar-refractivity contribution in [2.24, 2.45) is 10.2 Å². The number of hydrogen-bond acceptors (Lipinski definition) is 4. The smallest absolute Gasteiger partial charge is 0.221 e. The Morgan fingerprint density at radius 1 is 0.750 bits per heavy atom. The van der Waals surface area contributed by atoms with E-state index in [9.17, 15) is 9.59 Å². The van der Waals surface area contributed by atoms with Gasteiger partial charge in [0.15, 0.2) is 0 Å². The zero-order chi connectivity index (χ0) is 17.7. The van der Waals surface area contributed by atoms with Gasteiger partial charge in [0, 0.05) is 25.2 Å². The standard InChI is InChI=1S/C18H20N4O2/c1-11-5-7-15(9-17(11)19-13(3)23)21-22-16-8-6-12(2)18(10-16)20-14(4)24/h5-10H,1-4H3,(H,19,23)(H,20,24). The molecule has 2 aromatic carbocycles. The average molecular weight is 324 g/mol. The molecule has 0 saturated carbocycles. The number of nitrogens with one attached hydrogen (secondary N) is 2. The Hall–Kier alpha value is -3.02. The molecule has 6 nitrogen and oxygen atoms in total. The SMILES string of the molecule is CC(=O)Nc1cc(N=Nc2ccc(C)c(NC(C)=O)c2)ccc1C. The van der Waals surface area contributed by atoms with E-state index in [4.69, 9.17) is 0 Å². The summed E-state index contributed by atoms with van der Waals surface area (Å²) in [5, 5.41) is 13.9. The molecule has 2 amide bonds. The lowest BCUT2D eigenvalue weighted by Gasteiger charge is -2.07. The van der Waals surface area contributed by atoms with Crippen LogP contribution in [0.3, 0.4) is 0 Å². The van der Waals surface area contributed by atoms with Gasteiger partial charge in [-0.2, -0.15) is 10.2 Å². The first kappa shape index (κ1) is 17.3. The van der Waals surface area contributed by atoms with Crippen molar-refractivity contribution in [1.82, 2.24) is 0 Å². The van der Waals surface area contributed by atoms with Crippen molar-refractivity contribution < 1.29 is 9.59 Å². The molecule has 24 heavy (non-hydrogen) atoms. The van der Waals surface area contributed by atoms with E-state index >= 15 is 0 Å². The molecule has 0 bridgehead atoms. The number of benzene rings is 2. The number of rotatable bonds is 4. The van der Waals surface area contributed by atoms with Crippen LogP contribution in [0.2, 0.25) is 0 Å². The molecule has 2 rings (SSSR count). The van der Waals surface area contributed by atoms with Crippen LogP contribution in [-0.2, 0) is 9.59 Å². The molecule has 0 radical (unpaired) electrons. The molecule has 124 valence electrons. The molecule has 0 aliphatic rings. The molecule has 0 fully saturated rings. The number of hydrogen-bond donors (Lipinski definition) is 2. The van der Waals surface area contributed by atoms with Crippen molar-refractivity contribution >= 4 is 34.6 Å². The van der Waals surface area contributed by atoms with Crippen LogP contribution in [0.15, 0.2) is 46.6 Å². The molecule has 0 spiro atoms. The predicted octanol–water partition coefficient (Wildman–Crippen LogP) is 4.64. The zero-order valence-electron chi connectivity index (χ0n) is 14.2. The zero-order valence-corrected chi connectivity index (χ0v) is 14.2. The molecule has 2 N–H and O–H groups in total. The summed E-state index contributed by atoms with van der Waals surface area (Å²) >= 11 is 0. The van der Waals surface area contributed by atoms with E-state index in [1.807, 2.05) is 38.1 Å². The summed E-state index contributed by atoms with van der Waals surface area (Å²) in [6, 6.07) is 10.9. The molecule has 0 saturated heterocycles. The summed E-state index contributed by atoms with van der Waals surface area (Å²) in [6.45, 7) is 6.74. The van der Waals surface area contributed by atoms with Gasteiger partial charge in [-0.3, -0.25) is 9.59 Å². The highest BCUT2D eigenvalue weighted by Gasteiger charge is 2.04. The van der Waals surface area contributed by atoms with Crippen molar-refractivity contribution in [1.29, 1.82) is 0 Å². The van der Waals surface area contributed by atoms with Gasteiger partial charge in [-0.05, 0) is 49.2 Å². The summed E-state index contributed by atoms with van der Waals surface area (Å²) in [6.07, 6.45) is 0. The third-order valence-electron chi connectivity index (χ3n) is 3.34. The van der Waals surface area contributed by atoms with Crippen LogP contribution < -0.4 is 10.6 Å². The first-order chi connectivity index (χ1) is 11.3. The molecule has 6 heteroatoms.